The average Bonchev–Trinajstić information content (AvgIpc) is 3.19. The molecule has 0 aliphatic carbocycles. The van der Waals surface area contributed by atoms with Gasteiger partial charge in [0.2, 0.25) is 5.91 Å². The van der Waals surface area contributed by atoms with Gasteiger partial charge in [0, 0.05) is 0 Å². The fourth-order valence-electron chi connectivity index (χ4n) is 7.16. The van der Waals surface area contributed by atoms with Crippen LogP contribution < -0.4 is 5.32 Å². The number of unbranched alkanes of at least 4 members (excludes halogenated alkanes) is 23. The molecule has 1 fully saturated rings. The molecule has 342 valence electrons. The summed E-state index contributed by atoms with van der Waals surface area (Å²) in [5.74, 6) is -0.719. The third kappa shape index (κ3) is 27.4. The van der Waals surface area contributed by atoms with Gasteiger partial charge in [-0.2, -0.15) is 8.42 Å². The molecular weight excluding hydrogens is 767 g/mol. The van der Waals surface area contributed by atoms with E-state index in [1.165, 1.54) is 122 Å². The zero-order valence-corrected chi connectivity index (χ0v) is 36.8. The number of carbonyl (C=O) groups excluding carboxylic acids is 1. The minimum atomic E-state index is -5.12. The Morgan fingerprint density at radius 3 is 1.60 bits per heavy atom. The molecule has 1 aliphatic rings. The van der Waals surface area contributed by atoms with E-state index in [1.807, 2.05) is 6.08 Å². The van der Waals surface area contributed by atoms with Crippen LogP contribution in [0, 0.1) is 0 Å². The Kier molecular flexibility index (Phi) is 33.1. The number of carbonyl (C=O) groups is 1. The number of ether oxygens (including phenoxy) is 2. The minimum Gasteiger partial charge on any atom is -0.394 e. The highest BCUT2D eigenvalue weighted by Crippen LogP contribution is 2.26. The summed E-state index contributed by atoms with van der Waals surface area (Å²) in [5, 5.41) is 55.1. The smallest absolute Gasteiger partial charge is 0.394 e. The van der Waals surface area contributed by atoms with Gasteiger partial charge in [-0.1, -0.05) is 167 Å². The number of allylic oxidation sites excluding steroid dienone is 3. The van der Waals surface area contributed by atoms with Crippen molar-refractivity contribution >= 4 is 16.3 Å². The Morgan fingerprint density at radius 1 is 0.690 bits per heavy atom. The Bertz CT molecular complexity index is 1160. The number of hydrogen-bond acceptors (Lipinski definition) is 11. The van der Waals surface area contributed by atoms with E-state index in [0.717, 1.165) is 38.5 Å². The molecule has 1 rings (SSSR count). The van der Waals surface area contributed by atoms with Gasteiger partial charge < -0.3 is 40.3 Å². The molecule has 0 spiro atoms. The molecule has 1 saturated heterocycles. The van der Waals surface area contributed by atoms with Crippen LogP contribution in [0.2, 0.25) is 0 Å². The van der Waals surface area contributed by atoms with Gasteiger partial charge in [-0.15, -0.1) is 0 Å². The van der Waals surface area contributed by atoms with Crippen molar-refractivity contribution < 1.29 is 57.0 Å². The van der Waals surface area contributed by atoms with Crippen LogP contribution in [0.15, 0.2) is 24.3 Å². The Hall–Kier alpha value is -1.46. The van der Waals surface area contributed by atoms with Crippen molar-refractivity contribution in [1.29, 1.82) is 0 Å². The first-order chi connectivity index (χ1) is 27.9. The van der Waals surface area contributed by atoms with Crippen LogP contribution in [0.4, 0.5) is 0 Å². The lowest BCUT2D eigenvalue weighted by Gasteiger charge is -2.41. The van der Waals surface area contributed by atoms with Gasteiger partial charge in [-0.05, 0) is 44.9 Å². The molecule has 1 amide bonds. The van der Waals surface area contributed by atoms with Crippen molar-refractivity contribution in [3.05, 3.63) is 24.3 Å². The summed E-state index contributed by atoms with van der Waals surface area (Å²) in [4.78, 5) is 13.1. The first-order valence-corrected chi connectivity index (χ1v) is 24.2. The fourth-order valence-corrected chi connectivity index (χ4v) is 7.67. The highest BCUT2D eigenvalue weighted by Gasteiger charge is 2.48. The van der Waals surface area contributed by atoms with Crippen LogP contribution in [0.25, 0.3) is 0 Å². The summed E-state index contributed by atoms with van der Waals surface area (Å²) in [6.07, 6.45) is 26.9. The molecule has 7 N–H and O–H groups in total. The lowest BCUT2D eigenvalue weighted by molar-refractivity contribution is -0.298. The van der Waals surface area contributed by atoms with Gasteiger partial charge in [0.15, 0.2) is 6.29 Å². The predicted molar refractivity (Wildman–Crippen MR) is 228 cm³/mol. The van der Waals surface area contributed by atoms with E-state index in [-0.39, 0.29) is 6.42 Å². The summed E-state index contributed by atoms with van der Waals surface area (Å²) in [7, 11) is -5.12. The Labute approximate surface area is 351 Å². The molecule has 0 bridgehead atoms. The molecule has 1 heterocycles. The molecule has 0 radical (unpaired) electrons. The van der Waals surface area contributed by atoms with E-state index in [0.29, 0.717) is 12.8 Å². The normalized spacial score (nSPS) is 21.8. The number of rotatable bonds is 38. The first kappa shape index (κ1) is 54.6. The first-order valence-electron chi connectivity index (χ1n) is 22.8. The summed E-state index contributed by atoms with van der Waals surface area (Å²) in [6, 6.07) is -1.12. The van der Waals surface area contributed by atoms with Gasteiger partial charge in [0.1, 0.15) is 30.5 Å². The third-order valence-electron chi connectivity index (χ3n) is 10.8. The monoisotopic (exact) mass is 850 g/mol. The number of hydrogen-bond donors (Lipinski definition) is 7. The lowest BCUT2D eigenvalue weighted by Crippen LogP contribution is -2.61. The Balaban J connectivity index is 2.62. The van der Waals surface area contributed by atoms with E-state index in [9.17, 15) is 38.7 Å². The second-order valence-electron chi connectivity index (χ2n) is 16.1. The predicted octanol–water partition coefficient (Wildman–Crippen LogP) is 7.52. The highest BCUT2D eigenvalue weighted by molar-refractivity contribution is 7.80. The topological polar surface area (TPSA) is 212 Å². The van der Waals surface area contributed by atoms with Gasteiger partial charge in [-0.3, -0.25) is 9.35 Å². The van der Waals surface area contributed by atoms with Crippen molar-refractivity contribution in [2.24, 2.45) is 0 Å². The number of aliphatic hydroxyl groups excluding tert-OH is 5. The summed E-state index contributed by atoms with van der Waals surface area (Å²) in [5.41, 5.74) is 0. The Morgan fingerprint density at radius 2 is 1.14 bits per heavy atom. The molecule has 0 aromatic rings. The second kappa shape index (κ2) is 35.2. The maximum Gasteiger partial charge on any atom is 0.397 e. The van der Waals surface area contributed by atoms with Crippen LogP contribution >= 0.6 is 0 Å². The van der Waals surface area contributed by atoms with E-state index >= 15 is 0 Å². The zero-order chi connectivity index (χ0) is 42.9. The molecule has 1 aliphatic heterocycles. The summed E-state index contributed by atoms with van der Waals surface area (Å²) in [6.45, 7) is 3.19. The molecule has 0 aromatic heterocycles. The zero-order valence-electron chi connectivity index (χ0n) is 36.0. The SMILES string of the molecule is CCCCCCCC/C=C\CCCCC(O)C(=O)NC(COC1OC(CO)C(O)C(OS(=O)(=O)O)C1O)C(O)/C=C/CCCCCCCCCCCCCCCCC. The quantitative estimate of drug-likeness (QED) is 0.0183. The van der Waals surface area contributed by atoms with E-state index in [1.54, 1.807) is 0 Å². The number of nitrogens with one attached hydrogen (secondary N) is 1. The maximum atomic E-state index is 13.1. The molecule has 14 heteroatoms. The molecular formula is C44H83NO12S. The standard InChI is InChI=1S/C44H83NO12S/c1-3-5-7-9-11-13-15-17-18-19-20-21-23-24-26-28-30-32-37(47)36(35-55-44-41(50)42(57-58(52,53)54)40(49)39(34-46)56-44)45-43(51)38(48)33-31-29-27-25-22-16-14-12-10-8-6-4-2/h22,25,30,32,36-42,44,46-50H,3-21,23-24,26-29,31,33-35H2,1-2H3,(H,45,51)(H,52,53,54)/b25-22-,32-30+. The van der Waals surface area contributed by atoms with Crippen molar-refractivity contribution in [2.45, 2.75) is 236 Å². The highest BCUT2D eigenvalue weighted by atomic mass is 32.3. The average molecular weight is 850 g/mol. The second-order valence-corrected chi connectivity index (χ2v) is 17.2. The van der Waals surface area contributed by atoms with Gasteiger partial charge >= 0.3 is 10.4 Å². The van der Waals surface area contributed by atoms with Crippen LogP contribution in [0.3, 0.4) is 0 Å². The lowest BCUT2D eigenvalue weighted by atomic mass is 9.99. The molecule has 8 unspecified atom stereocenters. The van der Waals surface area contributed by atoms with Gasteiger partial charge in [0.25, 0.3) is 0 Å². The van der Waals surface area contributed by atoms with Crippen LogP contribution in [0.5, 0.6) is 0 Å². The van der Waals surface area contributed by atoms with Crippen LogP contribution in [0.1, 0.15) is 187 Å². The molecule has 0 saturated carbocycles. The van der Waals surface area contributed by atoms with Crippen molar-refractivity contribution in [3.63, 3.8) is 0 Å². The summed E-state index contributed by atoms with van der Waals surface area (Å²) < 4.78 is 47.4. The van der Waals surface area contributed by atoms with Crippen molar-refractivity contribution in [3.8, 4) is 0 Å². The van der Waals surface area contributed by atoms with E-state index < -0.39 is 78.5 Å². The minimum absolute atomic E-state index is 0.213. The van der Waals surface area contributed by atoms with Gasteiger partial charge in [-0.25, -0.2) is 4.18 Å². The molecule has 0 aromatic carbocycles. The van der Waals surface area contributed by atoms with Crippen molar-refractivity contribution in [2.75, 3.05) is 13.2 Å². The van der Waals surface area contributed by atoms with E-state index in [4.69, 9.17) is 14.0 Å². The van der Waals surface area contributed by atoms with Gasteiger partial charge in [0.05, 0.1) is 25.4 Å². The van der Waals surface area contributed by atoms with E-state index in [2.05, 4.69) is 35.5 Å². The third-order valence-corrected chi connectivity index (χ3v) is 11.3. The summed E-state index contributed by atoms with van der Waals surface area (Å²) >= 11 is 0. The maximum absolute atomic E-state index is 13.1. The fraction of sp³-hybridized carbons (Fsp3) is 0.886. The number of aliphatic hydroxyl groups is 5. The largest absolute Gasteiger partial charge is 0.397 e. The molecule has 58 heavy (non-hydrogen) atoms. The number of amides is 1. The van der Waals surface area contributed by atoms with Crippen molar-refractivity contribution in [1.82, 2.24) is 5.32 Å². The molecule has 13 nitrogen and oxygen atoms in total. The molecule has 8 atom stereocenters. The van der Waals surface area contributed by atoms with Crippen LogP contribution in [-0.2, 0) is 28.9 Å². The van der Waals surface area contributed by atoms with Crippen LogP contribution in [-0.4, -0.2) is 107 Å².